The van der Waals surface area contributed by atoms with Crippen molar-refractivity contribution in [3.8, 4) is 11.5 Å². The lowest BCUT2D eigenvalue weighted by atomic mass is 9.68. The Balaban J connectivity index is 2.82. The maximum Gasteiger partial charge on any atom is 0.123 e. The maximum atomic E-state index is 11.3. The minimum Gasteiger partial charge on any atom is -0.507 e. The van der Waals surface area contributed by atoms with Crippen LogP contribution in [0.5, 0.6) is 11.5 Å². The van der Waals surface area contributed by atoms with Crippen LogP contribution in [0.15, 0.2) is 36.4 Å². The van der Waals surface area contributed by atoms with E-state index < -0.39 is 5.41 Å². The lowest BCUT2D eigenvalue weighted by Crippen LogP contribution is -2.28. The van der Waals surface area contributed by atoms with Gasteiger partial charge in [0, 0.05) is 16.5 Å². The molecule has 154 valence electrons. The highest BCUT2D eigenvalue weighted by Gasteiger charge is 2.37. The topological polar surface area (TPSA) is 40.5 Å². The van der Waals surface area contributed by atoms with Crippen molar-refractivity contribution < 1.29 is 10.2 Å². The molecule has 0 bridgehead atoms. The van der Waals surface area contributed by atoms with Gasteiger partial charge in [-0.05, 0) is 34.3 Å². The second kappa shape index (κ2) is 7.46. The van der Waals surface area contributed by atoms with Gasteiger partial charge in [0.25, 0.3) is 0 Å². The lowest BCUT2D eigenvalue weighted by Gasteiger charge is -2.36. The molecule has 0 fully saturated rings. The summed E-state index contributed by atoms with van der Waals surface area (Å²) in [5, 5.41) is 22.5. The number of phenolic OH excluding ortho intramolecular Hbond substituents is 2. The molecule has 2 aromatic carbocycles. The number of benzene rings is 2. The molecule has 0 aromatic heterocycles. The van der Waals surface area contributed by atoms with Crippen molar-refractivity contribution in [2.75, 3.05) is 0 Å². The molecule has 2 rings (SSSR count). The predicted molar refractivity (Wildman–Crippen MR) is 120 cm³/mol. The number of para-hydroxylation sites is 2. The summed E-state index contributed by atoms with van der Waals surface area (Å²) in [6.45, 7) is 19.2. The molecule has 0 aliphatic rings. The number of aromatic hydroxyl groups is 2. The Kier molecular flexibility index (Phi) is 5.95. The van der Waals surface area contributed by atoms with Crippen LogP contribution in [0.2, 0.25) is 0 Å². The Bertz CT molecular complexity index is 769. The minimum atomic E-state index is -0.495. The molecular weight excluding hydrogens is 344 g/mol. The van der Waals surface area contributed by atoms with Gasteiger partial charge in [-0.25, -0.2) is 0 Å². The Hall–Kier alpha value is -1.96. The van der Waals surface area contributed by atoms with E-state index in [1.54, 1.807) is 0 Å². The Morgan fingerprint density at radius 3 is 1.25 bits per heavy atom. The van der Waals surface area contributed by atoms with E-state index >= 15 is 0 Å². The van der Waals surface area contributed by atoms with Crippen molar-refractivity contribution in [2.45, 2.75) is 85.0 Å². The van der Waals surface area contributed by atoms with Gasteiger partial charge in [0.15, 0.2) is 0 Å². The Labute approximate surface area is 171 Å². The first-order valence-electron chi connectivity index (χ1n) is 10.4. The standard InChI is InChI=1S/C26H38O2/c1-17(2)16-26(9,20-14-10-12-18(22(20)27)24(3,4)5)21-15-11-13-19(23(21)28)25(6,7)8/h10-15,17,27-28H,16H2,1-9H3. The van der Waals surface area contributed by atoms with Gasteiger partial charge in [-0.1, -0.05) is 98.7 Å². The largest absolute Gasteiger partial charge is 0.507 e. The van der Waals surface area contributed by atoms with Crippen LogP contribution >= 0.6 is 0 Å². The highest BCUT2D eigenvalue weighted by molar-refractivity contribution is 5.56. The molecule has 0 atom stereocenters. The fraction of sp³-hybridized carbons (Fsp3) is 0.538. The third-order valence-corrected chi connectivity index (χ3v) is 5.69. The smallest absolute Gasteiger partial charge is 0.123 e. The van der Waals surface area contributed by atoms with Crippen molar-refractivity contribution >= 4 is 0 Å². The van der Waals surface area contributed by atoms with E-state index in [2.05, 4.69) is 62.3 Å². The summed E-state index contributed by atoms with van der Waals surface area (Å²) in [6, 6.07) is 12.1. The Morgan fingerprint density at radius 1 is 0.643 bits per heavy atom. The summed E-state index contributed by atoms with van der Waals surface area (Å²) in [5.41, 5.74) is 2.83. The van der Waals surface area contributed by atoms with Crippen LogP contribution in [0.1, 0.15) is 91.0 Å². The zero-order valence-electron chi connectivity index (χ0n) is 19.1. The van der Waals surface area contributed by atoms with Crippen LogP contribution in [0, 0.1) is 5.92 Å². The van der Waals surface area contributed by atoms with Crippen LogP contribution in [0.3, 0.4) is 0 Å². The number of rotatable bonds is 4. The van der Waals surface area contributed by atoms with Gasteiger partial charge >= 0.3 is 0 Å². The van der Waals surface area contributed by atoms with Gasteiger partial charge in [-0.3, -0.25) is 0 Å². The molecule has 0 saturated carbocycles. The molecule has 0 aliphatic carbocycles. The van der Waals surface area contributed by atoms with Crippen LogP contribution in [-0.4, -0.2) is 10.2 Å². The van der Waals surface area contributed by atoms with Gasteiger partial charge in [0.2, 0.25) is 0 Å². The van der Waals surface area contributed by atoms with E-state index in [1.165, 1.54) is 0 Å². The maximum absolute atomic E-state index is 11.3. The fourth-order valence-electron chi connectivity index (χ4n) is 4.37. The molecular formula is C26H38O2. The third kappa shape index (κ3) is 4.21. The van der Waals surface area contributed by atoms with Crippen molar-refractivity contribution in [3.05, 3.63) is 58.7 Å². The highest BCUT2D eigenvalue weighted by Crippen LogP contribution is 2.49. The van der Waals surface area contributed by atoms with Crippen molar-refractivity contribution in [2.24, 2.45) is 5.92 Å². The average molecular weight is 383 g/mol. The molecule has 0 aliphatic heterocycles. The van der Waals surface area contributed by atoms with Crippen LogP contribution in [0.25, 0.3) is 0 Å². The second-order valence-electron chi connectivity index (χ2n) is 10.8. The third-order valence-electron chi connectivity index (χ3n) is 5.69. The molecule has 0 unspecified atom stereocenters. The molecule has 2 N–H and O–H groups in total. The van der Waals surface area contributed by atoms with Crippen LogP contribution < -0.4 is 0 Å². The zero-order valence-corrected chi connectivity index (χ0v) is 19.1. The van der Waals surface area contributed by atoms with Gasteiger partial charge in [-0.15, -0.1) is 0 Å². The van der Waals surface area contributed by atoms with Crippen molar-refractivity contribution in [3.63, 3.8) is 0 Å². The predicted octanol–water partition coefficient (Wildman–Crippen LogP) is 7.04. The molecule has 28 heavy (non-hydrogen) atoms. The van der Waals surface area contributed by atoms with Gasteiger partial charge in [0.05, 0.1) is 0 Å². The number of phenols is 2. The summed E-state index contributed by atoms with van der Waals surface area (Å²) < 4.78 is 0. The van der Waals surface area contributed by atoms with E-state index in [4.69, 9.17) is 0 Å². The van der Waals surface area contributed by atoms with Gasteiger partial charge in [-0.2, -0.15) is 0 Å². The summed E-state index contributed by atoms with van der Waals surface area (Å²) in [5.74, 6) is 1.10. The average Bonchev–Trinajstić information content (AvgIpc) is 2.52. The molecule has 0 heterocycles. The molecule has 2 heteroatoms. The molecule has 0 radical (unpaired) electrons. The van der Waals surface area contributed by atoms with Crippen LogP contribution in [-0.2, 0) is 16.2 Å². The molecule has 2 nitrogen and oxygen atoms in total. The van der Waals surface area contributed by atoms with E-state index in [0.29, 0.717) is 17.4 Å². The molecule has 2 aromatic rings. The highest BCUT2D eigenvalue weighted by atomic mass is 16.3. The summed E-state index contributed by atoms with van der Waals surface area (Å²) in [7, 11) is 0. The number of hydrogen-bond acceptors (Lipinski definition) is 2. The minimum absolute atomic E-state index is 0.159. The van der Waals surface area contributed by atoms with E-state index in [0.717, 1.165) is 28.7 Å². The normalized spacial score (nSPS) is 13.2. The molecule has 0 spiro atoms. The van der Waals surface area contributed by atoms with Crippen molar-refractivity contribution in [1.82, 2.24) is 0 Å². The molecule has 0 amide bonds. The van der Waals surface area contributed by atoms with Crippen LogP contribution in [0.4, 0.5) is 0 Å². The fourth-order valence-corrected chi connectivity index (χ4v) is 4.37. The van der Waals surface area contributed by atoms with E-state index in [1.807, 2.05) is 36.4 Å². The lowest BCUT2D eigenvalue weighted by molar-refractivity contribution is 0.370. The Morgan fingerprint density at radius 2 is 0.964 bits per heavy atom. The first-order valence-corrected chi connectivity index (χ1v) is 10.4. The van der Waals surface area contributed by atoms with E-state index in [9.17, 15) is 10.2 Å². The quantitative estimate of drug-likeness (QED) is 0.595. The first kappa shape index (κ1) is 22.3. The van der Waals surface area contributed by atoms with Gasteiger partial charge in [0.1, 0.15) is 11.5 Å². The first-order chi connectivity index (χ1) is 12.7. The summed E-state index contributed by atoms with van der Waals surface area (Å²) >= 11 is 0. The molecule has 0 saturated heterocycles. The SMILES string of the molecule is CC(C)CC(C)(c1cccc(C(C)(C)C)c1O)c1cccc(C(C)(C)C)c1O. The zero-order chi connectivity index (χ0) is 21.5. The summed E-state index contributed by atoms with van der Waals surface area (Å²) in [4.78, 5) is 0. The van der Waals surface area contributed by atoms with Crippen molar-refractivity contribution in [1.29, 1.82) is 0 Å². The number of hydrogen-bond donors (Lipinski definition) is 2. The van der Waals surface area contributed by atoms with Gasteiger partial charge < -0.3 is 10.2 Å². The second-order valence-corrected chi connectivity index (χ2v) is 10.8. The monoisotopic (exact) mass is 382 g/mol. The van der Waals surface area contributed by atoms with E-state index in [-0.39, 0.29) is 10.8 Å². The summed E-state index contributed by atoms with van der Waals surface area (Å²) in [6.07, 6.45) is 0.829.